The average Bonchev–Trinajstić information content (AvgIpc) is 2.47. The van der Waals surface area contributed by atoms with Gasteiger partial charge in [0.05, 0.1) is 0 Å². The van der Waals surface area contributed by atoms with Gasteiger partial charge in [0.25, 0.3) is 0 Å². The molecule has 0 spiro atoms. The summed E-state index contributed by atoms with van der Waals surface area (Å²) in [5.74, 6) is 0.332. The Bertz CT molecular complexity index is 508. The maximum atomic E-state index is 2.20. The smallest absolute Gasteiger partial charge is 0.0299 e. The highest BCUT2D eigenvalue weighted by molar-refractivity contribution is 5.41. The van der Waals surface area contributed by atoms with Gasteiger partial charge in [-0.05, 0) is 25.0 Å². The van der Waals surface area contributed by atoms with Gasteiger partial charge in [-0.3, -0.25) is 0 Å². The molecule has 0 N–H and O–H groups in total. The third-order valence-electron chi connectivity index (χ3n) is 3.27. The fraction of sp³-hybridized carbons (Fsp3) is 0.158. The van der Waals surface area contributed by atoms with Crippen molar-refractivity contribution in [1.82, 2.24) is 0 Å². The lowest BCUT2D eigenvalue weighted by molar-refractivity contribution is 0.946. The first-order chi connectivity index (χ1) is 9.33. The number of allylic oxidation sites excluding steroid dienone is 4. The lowest BCUT2D eigenvalue weighted by atomic mass is 9.85. The number of benzene rings is 2. The molecular weight excluding hydrogens is 228 g/mol. The van der Waals surface area contributed by atoms with Crippen molar-refractivity contribution in [1.29, 1.82) is 0 Å². The van der Waals surface area contributed by atoms with Crippen molar-refractivity contribution in [3.8, 4) is 0 Å². The molecule has 0 unspecified atom stereocenters. The van der Waals surface area contributed by atoms with Gasteiger partial charge >= 0.3 is 0 Å². The second kappa shape index (κ2) is 6.75. The summed E-state index contributed by atoms with van der Waals surface area (Å²) in [7, 11) is 0. The minimum atomic E-state index is 0.332. The highest BCUT2D eigenvalue weighted by Gasteiger charge is 2.14. The van der Waals surface area contributed by atoms with E-state index in [2.05, 4.69) is 85.8 Å². The summed E-state index contributed by atoms with van der Waals surface area (Å²) < 4.78 is 0. The minimum Gasteiger partial charge on any atom is -0.0877 e. The van der Waals surface area contributed by atoms with Crippen LogP contribution in [-0.4, -0.2) is 0 Å². The first-order valence-electron chi connectivity index (χ1n) is 6.72. The number of rotatable bonds is 4. The van der Waals surface area contributed by atoms with Crippen LogP contribution < -0.4 is 0 Å². The predicted octanol–water partition coefficient (Wildman–Crippen LogP) is 5.34. The lowest BCUT2D eigenvalue weighted by Crippen LogP contribution is -2.02. The topological polar surface area (TPSA) is 0 Å². The molecule has 0 aromatic heterocycles. The van der Waals surface area contributed by atoms with Crippen LogP contribution in [0, 0.1) is 0 Å². The summed E-state index contributed by atoms with van der Waals surface area (Å²) in [4.78, 5) is 0. The SMILES string of the molecule is C/C=C/C=C(\C)C(c1ccccc1)c1ccccc1. The third-order valence-corrected chi connectivity index (χ3v) is 3.27. The Hall–Kier alpha value is -2.08. The van der Waals surface area contributed by atoms with Gasteiger partial charge < -0.3 is 0 Å². The Kier molecular flexibility index (Phi) is 4.74. The summed E-state index contributed by atoms with van der Waals surface area (Å²) >= 11 is 0. The van der Waals surface area contributed by atoms with Crippen molar-refractivity contribution in [2.75, 3.05) is 0 Å². The molecule has 0 nitrogen and oxygen atoms in total. The highest BCUT2D eigenvalue weighted by atomic mass is 14.2. The van der Waals surface area contributed by atoms with Gasteiger partial charge in [-0.25, -0.2) is 0 Å². The van der Waals surface area contributed by atoms with Crippen molar-refractivity contribution < 1.29 is 0 Å². The summed E-state index contributed by atoms with van der Waals surface area (Å²) in [6, 6.07) is 21.3. The molecule has 2 aromatic carbocycles. The van der Waals surface area contributed by atoms with Gasteiger partial charge in [-0.15, -0.1) is 0 Å². The van der Waals surface area contributed by atoms with Crippen LogP contribution in [0.4, 0.5) is 0 Å². The van der Waals surface area contributed by atoms with E-state index in [4.69, 9.17) is 0 Å². The van der Waals surface area contributed by atoms with Gasteiger partial charge in [-0.1, -0.05) is 84.5 Å². The Balaban J connectivity index is 2.46. The van der Waals surface area contributed by atoms with Gasteiger partial charge in [-0.2, -0.15) is 0 Å². The normalized spacial score (nSPS) is 12.3. The molecule has 0 radical (unpaired) electrons. The van der Waals surface area contributed by atoms with Crippen molar-refractivity contribution in [3.63, 3.8) is 0 Å². The maximum Gasteiger partial charge on any atom is 0.0299 e. The second-order valence-electron chi connectivity index (χ2n) is 4.69. The van der Waals surface area contributed by atoms with E-state index < -0.39 is 0 Å². The third kappa shape index (κ3) is 3.45. The summed E-state index contributed by atoms with van der Waals surface area (Å²) in [5.41, 5.74) is 4.04. The fourth-order valence-electron chi connectivity index (χ4n) is 2.35. The number of hydrogen-bond acceptors (Lipinski definition) is 0. The highest BCUT2D eigenvalue weighted by Crippen LogP contribution is 2.31. The zero-order valence-corrected chi connectivity index (χ0v) is 11.6. The molecule has 96 valence electrons. The summed E-state index contributed by atoms with van der Waals surface area (Å²) in [6.07, 6.45) is 6.37. The second-order valence-corrected chi connectivity index (χ2v) is 4.69. The van der Waals surface area contributed by atoms with Crippen molar-refractivity contribution in [3.05, 3.63) is 95.6 Å². The Morgan fingerprint density at radius 3 is 1.74 bits per heavy atom. The zero-order chi connectivity index (χ0) is 13.5. The molecule has 0 bridgehead atoms. The van der Waals surface area contributed by atoms with E-state index in [1.807, 2.05) is 6.92 Å². The van der Waals surface area contributed by atoms with E-state index in [0.717, 1.165) is 0 Å². The Morgan fingerprint density at radius 2 is 1.32 bits per heavy atom. The fourth-order valence-corrected chi connectivity index (χ4v) is 2.35. The molecule has 0 fully saturated rings. The van der Waals surface area contributed by atoms with Crippen LogP contribution in [0.1, 0.15) is 30.9 Å². The Morgan fingerprint density at radius 1 is 0.842 bits per heavy atom. The van der Waals surface area contributed by atoms with Crippen molar-refractivity contribution >= 4 is 0 Å². The van der Waals surface area contributed by atoms with E-state index in [0.29, 0.717) is 5.92 Å². The van der Waals surface area contributed by atoms with E-state index >= 15 is 0 Å². The molecule has 0 saturated carbocycles. The number of hydrogen-bond donors (Lipinski definition) is 0. The maximum absolute atomic E-state index is 2.20. The van der Waals surface area contributed by atoms with E-state index in [-0.39, 0.29) is 0 Å². The molecule has 0 heteroatoms. The Labute approximate surface area is 116 Å². The molecule has 0 aliphatic heterocycles. The van der Waals surface area contributed by atoms with Crippen LogP contribution in [-0.2, 0) is 0 Å². The van der Waals surface area contributed by atoms with Gasteiger partial charge in [0, 0.05) is 5.92 Å². The van der Waals surface area contributed by atoms with E-state index in [9.17, 15) is 0 Å². The first kappa shape index (κ1) is 13.4. The summed E-state index contributed by atoms with van der Waals surface area (Å²) in [5, 5.41) is 0. The van der Waals surface area contributed by atoms with E-state index in [1.54, 1.807) is 0 Å². The quantitative estimate of drug-likeness (QED) is 0.640. The monoisotopic (exact) mass is 248 g/mol. The molecule has 2 rings (SSSR count). The zero-order valence-electron chi connectivity index (χ0n) is 11.6. The van der Waals surface area contributed by atoms with Crippen LogP contribution in [0.25, 0.3) is 0 Å². The molecule has 0 aliphatic carbocycles. The van der Waals surface area contributed by atoms with Crippen LogP contribution in [0.2, 0.25) is 0 Å². The van der Waals surface area contributed by atoms with Crippen LogP contribution >= 0.6 is 0 Å². The minimum absolute atomic E-state index is 0.332. The van der Waals surface area contributed by atoms with Gasteiger partial charge in [0.2, 0.25) is 0 Å². The molecule has 0 atom stereocenters. The van der Waals surface area contributed by atoms with E-state index in [1.165, 1.54) is 16.7 Å². The predicted molar refractivity (Wildman–Crippen MR) is 83.3 cm³/mol. The molecular formula is C19H20. The van der Waals surface area contributed by atoms with Gasteiger partial charge in [0.1, 0.15) is 0 Å². The first-order valence-corrected chi connectivity index (χ1v) is 6.72. The molecule has 2 aromatic rings. The van der Waals surface area contributed by atoms with Crippen molar-refractivity contribution in [2.45, 2.75) is 19.8 Å². The van der Waals surface area contributed by atoms with Crippen LogP contribution in [0.5, 0.6) is 0 Å². The van der Waals surface area contributed by atoms with Crippen LogP contribution in [0.3, 0.4) is 0 Å². The summed E-state index contributed by atoms with van der Waals surface area (Å²) in [6.45, 7) is 4.24. The molecule has 0 saturated heterocycles. The standard InChI is InChI=1S/C19H20/c1-3-4-11-16(2)19(17-12-7-5-8-13-17)18-14-9-6-10-15-18/h3-15,19H,1-2H3/b4-3+,16-11+. The molecule has 19 heavy (non-hydrogen) atoms. The lowest BCUT2D eigenvalue weighted by Gasteiger charge is -2.19. The van der Waals surface area contributed by atoms with Gasteiger partial charge in [0.15, 0.2) is 0 Å². The largest absolute Gasteiger partial charge is 0.0877 e. The van der Waals surface area contributed by atoms with Crippen molar-refractivity contribution in [2.24, 2.45) is 0 Å². The molecule has 0 amide bonds. The average molecular weight is 248 g/mol. The van der Waals surface area contributed by atoms with Crippen LogP contribution in [0.15, 0.2) is 84.5 Å². The molecule has 0 heterocycles. The molecule has 0 aliphatic rings.